The van der Waals surface area contributed by atoms with Crippen LogP contribution in [0.25, 0.3) is 11.2 Å². The molecule has 2 aromatic rings. The van der Waals surface area contributed by atoms with Gasteiger partial charge in [0.05, 0.1) is 18.6 Å². The second-order valence-corrected chi connectivity index (χ2v) is 8.03. The minimum atomic E-state index is -4.48. The van der Waals surface area contributed by atoms with Gasteiger partial charge in [-0.1, -0.05) is 0 Å². The molecule has 1 saturated carbocycles. The third-order valence-electron chi connectivity index (χ3n) is 4.39. The molecule has 2 fully saturated rings. The Hall–Kier alpha value is -1.61. The summed E-state index contributed by atoms with van der Waals surface area (Å²) in [5, 5.41) is 0. The molecule has 2 aliphatic rings. The van der Waals surface area contributed by atoms with Gasteiger partial charge in [-0.3, -0.25) is 4.57 Å². The van der Waals surface area contributed by atoms with Crippen molar-refractivity contribution in [1.29, 1.82) is 0 Å². The van der Waals surface area contributed by atoms with E-state index in [1.807, 2.05) is 0 Å². The van der Waals surface area contributed by atoms with Crippen molar-refractivity contribution >= 4 is 24.7 Å². The molecule has 0 spiro atoms. The van der Waals surface area contributed by atoms with Crippen molar-refractivity contribution in [1.82, 2.24) is 19.5 Å². The number of hydrogen-bond acceptors (Lipinski definition) is 6. The summed E-state index contributed by atoms with van der Waals surface area (Å²) in [6.07, 6.45) is 0.793. The van der Waals surface area contributed by atoms with E-state index in [0.29, 0.717) is 17.1 Å². The van der Waals surface area contributed by atoms with Gasteiger partial charge in [0.1, 0.15) is 17.8 Å². The van der Waals surface area contributed by atoms with Crippen molar-refractivity contribution in [3.63, 3.8) is 0 Å². The van der Waals surface area contributed by atoms with Crippen LogP contribution < -0.4 is 5.73 Å². The largest absolute Gasteiger partial charge is 0.368 e. The number of nitrogen functional groups attached to an aromatic ring is 1. The molecule has 4 N–H and O–H groups in total. The second kappa shape index (κ2) is 5.45. The summed E-state index contributed by atoms with van der Waals surface area (Å²) in [4.78, 5) is 31.0. The van der Waals surface area contributed by atoms with E-state index < -0.39 is 25.7 Å². The first-order chi connectivity index (χ1) is 11.3. The van der Waals surface area contributed by atoms with Gasteiger partial charge in [0.15, 0.2) is 11.5 Å². The van der Waals surface area contributed by atoms with Gasteiger partial charge in [-0.05, 0) is 12.8 Å². The van der Waals surface area contributed by atoms with E-state index in [-0.39, 0.29) is 18.9 Å². The molecular formula is C13H17FN5O4P. The number of anilines is 1. The minimum absolute atomic E-state index is 0.0503. The Labute approximate surface area is 136 Å². The Bertz CT molecular complexity index is 835. The van der Waals surface area contributed by atoms with Crippen LogP contribution in [-0.4, -0.2) is 47.4 Å². The smallest absolute Gasteiger partial charge is 0.354 e. The molecule has 0 aromatic carbocycles. The van der Waals surface area contributed by atoms with Crippen LogP contribution in [0.15, 0.2) is 6.33 Å². The molecular weight excluding hydrogens is 340 g/mol. The molecule has 1 aliphatic heterocycles. The van der Waals surface area contributed by atoms with E-state index in [1.54, 1.807) is 4.57 Å². The fourth-order valence-electron chi connectivity index (χ4n) is 3.01. The van der Waals surface area contributed by atoms with Crippen molar-refractivity contribution in [2.75, 3.05) is 5.73 Å². The van der Waals surface area contributed by atoms with E-state index >= 15 is 0 Å². The first kappa shape index (κ1) is 15.9. The zero-order chi connectivity index (χ0) is 17.1. The zero-order valence-electron chi connectivity index (χ0n) is 12.6. The van der Waals surface area contributed by atoms with E-state index in [1.165, 1.54) is 6.33 Å². The molecule has 0 radical (unpaired) electrons. The van der Waals surface area contributed by atoms with Gasteiger partial charge in [-0.2, -0.15) is 4.98 Å². The Balaban J connectivity index is 1.62. The normalized spacial score (nSPS) is 27.9. The highest BCUT2D eigenvalue weighted by Crippen LogP contribution is 2.49. The maximum atomic E-state index is 14.1. The SMILES string of the molecule is Nc1nc(C2CC2)c2ncn(C[C@H]3O[C@H](P(=O)(O)O)C[C@@H]3F)c2n1. The number of aromatic nitrogens is 4. The summed E-state index contributed by atoms with van der Waals surface area (Å²) in [5.41, 5.74) is 7.68. The third-order valence-corrected chi connectivity index (χ3v) is 5.47. The molecule has 9 nitrogen and oxygen atoms in total. The maximum absolute atomic E-state index is 14.1. The summed E-state index contributed by atoms with van der Waals surface area (Å²) in [6, 6.07) is 0. The Morgan fingerprint density at radius 1 is 1.42 bits per heavy atom. The predicted octanol–water partition coefficient (Wildman–Crippen LogP) is 0.917. The standard InChI is InChI=1S/C13H17FN5O4P/c14-7-3-9(24(20,21)22)23-8(7)4-19-5-16-11-10(6-1-2-6)17-13(15)18-12(11)19/h5-9H,1-4H2,(H2,15,17,18)(H2,20,21,22)/t7-,8+,9+/m0/s1. The van der Waals surface area contributed by atoms with Crippen LogP contribution >= 0.6 is 7.60 Å². The summed E-state index contributed by atoms with van der Waals surface area (Å²) >= 11 is 0. The molecule has 0 amide bonds. The Morgan fingerprint density at radius 3 is 2.79 bits per heavy atom. The number of hydrogen-bond donors (Lipinski definition) is 3. The van der Waals surface area contributed by atoms with Gasteiger partial charge in [-0.25, -0.2) is 14.4 Å². The molecule has 0 unspecified atom stereocenters. The molecule has 3 atom stereocenters. The van der Waals surface area contributed by atoms with Crippen LogP contribution in [0.5, 0.6) is 0 Å². The fourth-order valence-corrected chi connectivity index (χ4v) is 3.80. The summed E-state index contributed by atoms with van der Waals surface area (Å²) in [7, 11) is -4.48. The first-order valence-electron chi connectivity index (χ1n) is 7.66. The van der Waals surface area contributed by atoms with Gasteiger partial charge in [0.2, 0.25) is 5.95 Å². The highest BCUT2D eigenvalue weighted by Gasteiger charge is 2.44. The number of imidazole rings is 1. The van der Waals surface area contributed by atoms with Gasteiger partial charge < -0.3 is 24.8 Å². The van der Waals surface area contributed by atoms with Gasteiger partial charge in [0, 0.05) is 12.3 Å². The molecule has 3 heterocycles. The van der Waals surface area contributed by atoms with Gasteiger partial charge >= 0.3 is 7.60 Å². The van der Waals surface area contributed by atoms with E-state index in [4.69, 9.17) is 20.3 Å². The minimum Gasteiger partial charge on any atom is -0.368 e. The van der Waals surface area contributed by atoms with Crippen molar-refractivity contribution in [3.05, 3.63) is 12.0 Å². The molecule has 130 valence electrons. The molecule has 2 aromatic heterocycles. The zero-order valence-corrected chi connectivity index (χ0v) is 13.5. The lowest BCUT2D eigenvalue weighted by atomic mass is 10.2. The highest BCUT2D eigenvalue weighted by atomic mass is 31.2. The number of alkyl halides is 1. The lowest BCUT2D eigenvalue weighted by molar-refractivity contribution is 0.0400. The van der Waals surface area contributed by atoms with Crippen LogP contribution in [0.4, 0.5) is 10.3 Å². The summed E-state index contributed by atoms with van der Waals surface area (Å²) in [5.74, 6) is -0.950. The number of nitrogens with zero attached hydrogens (tertiary/aromatic N) is 4. The number of ether oxygens (including phenoxy) is 1. The van der Waals surface area contributed by atoms with E-state index in [0.717, 1.165) is 18.5 Å². The van der Waals surface area contributed by atoms with Gasteiger partial charge in [-0.15, -0.1) is 0 Å². The maximum Gasteiger partial charge on any atom is 0.354 e. The quantitative estimate of drug-likeness (QED) is 0.687. The Morgan fingerprint density at radius 2 is 2.17 bits per heavy atom. The summed E-state index contributed by atoms with van der Waals surface area (Å²) < 4.78 is 32.2. The van der Waals surface area contributed by atoms with Crippen molar-refractivity contribution in [3.8, 4) is 0 Å². The lowest BCUT2D eigenvalue weighted by Gasteiger charge is -2.15. The molecule has 11 heteroatoms. The molecule has 24 heavy (non-hydrogen) atoms. The van der Waals surface area contributed by atoms with Crippen molar-refractivity contribution < 1.29 is 23.5 Å². The van der Waals surface area contributed by atoms with Gasteiger partial charge in [0.25, 0.3) is 0 Å². The molecule has 1 aliphatic carbocycles. The number of fused-ring (bicyclic) bond motifs is 1. The van der Waals surface area contributed by atoms with Crippen LogP contribution in [-0.2, 0) is 15.8 Å². The molecule has 4 rings (SSSR count). The van der Waals surface area contributed by atoms with Crippen molar-refractivity contribution in [2.24, 2.45) is 0 Å². The number of rotatable bonds is 4. The average Bonchev–Trinajstić information content (AvgIpc) is 3.17. The van der Waals surface area contributed by atoms with E-state index in [9.17, 15) is 8.96 Å². The first-order valence-corrected chi connectivity index (χ1v) is 9.34. The molecule has 1 saturated heterocycles. The van der Waals surface area contributed by atoms with Crippen LogP contribution in [0.2, 0.25) is 0 Å². The van der Waals surface area contributed by atoms with Crippen LogP contribution in [0, 0.1) is 0 Å². The highest BCUT2D eigenvalue weighted by molar-refractivity contribution is 7.52. The topological polar surface area (TPSA) is 136 Å². The lowest BCUT2D eigenvalue weighted by Crippen LogP contribution is -2.24. The van der Waals surface area contributed by atoms with Crippen LogP contribution in [0.3, 0.4) is 0 Å². The second-order valence-electron chi connectivity index (χ2n) is 6.28. The average molecular weight is 357 g/mol. The monoisotopic (exact) mass is 357 g/mol. The van der Waals surface area contributed by atoms with Crippen LogP contribution in [0.1, 0.15) is 30.9 Å². The number of halogens is 1. The predicted molar refractivity (Wildman–Crippen MR) is 81.9 cm³/mol. The Kier molecular flexibility index (Phi) is 3.61. The number of nitrogens with two attached hydrogens (primary N) is 1. The van der Waals surface area contributed by atoms with Crippen molar-refractivity contribution in [2.45, 2.75) is 49.8 Å². The third kappa shape index (κ3) is 2.79. The summed E-state index contributed by atoms with van der Waals surface area (Å²) in [6.45, 7) is 0.0503. The van der Waals surface area contributed by atoms with E-state index in [2.05, 4.69) is 15.0 Å². The molecule has 0 bridgehead atoms. The fraction of sp³-hybridized carbons (Fsp3) is 0.615.